The largest absolute Gasteiger partial charge is 0.389 e. The Kier molecular flexibility index (Phi) is 7.04. The van der Waals surface area contributed by atoms with Crippen molar-refractivity contribution in [1.82, 2.24) is 0 Å². The third-order valence-electron chi connectivity index (χ3n) is 3.23. The number of anilines is 1. The van der Waals surface area contributed by atoms with Gasteiger partial charge in [0.05, 0.1) is 0 Å². The van der Waals surface area contributed by atoms with Crippen LogP contribution in [-0.4, -0.2) is 36.3 Å². The molecule has 2 N–H and O–H groups in total. The molecule has 0 saturated heterocycles. The molecule has 0 bridgehead atoms. The number of hydrogen-bond acceptors (Lipinski definition) is 4. The molecular weight excluding hydrogens is 292 g/mol. The predicted molar refractivity (Wildman–Crippen MR) is 95.0 cm³/mol. The van der Waals surface area contributed by atoms with E-state index in [0.29, 0.717) is 11.0 Å². The summed E-state index contributed by atoms with van der Waals surface area (Å²) in [5.74, 6) is 1.10. The topological polar surface area (TPSA) is 29.3 Å². The minimum absolute atomic E-state index is 0.478. The Balaban J connectivity index is 3.21. The molecule has 2 nitrogen and oxygen atoms in total. The van der Waals surface area contributed by atoms with Gasteiger partial charge in [-0.05, 0) is 31.1 Å². The first-order valence-corrected chi connectivity index (χ1v) is 9.28. The molecule has 1 aromatic carbocycles. The number of nitrogens with two attached hydrogens (primary N) is 1. The van der Waals surface area contributed by atoms with Gasteiger partial charge in [0.2, 0.25) is 0 Å². The lowest BCUT2D eigenvalue weighted by molar-refractivity contribution is 0.672. The number of rotatable bonds is 7. The summed E-state index contributed by atoms with van der Waals surface area (Å²) in [5.41, 5.74) is 8.08. The molecular formula is C14H22N2S3. The lowest BCUT2D eigenvalue weighted by atomic mass is 10.1. The van der Waals surface area contributed by atoms with Gasteiger partial charge in [0.15, 0.2) is 0 Å². The number of thioether (sulfide) groups is 2. The molecule has 5 heteroatoms. The molecule has 0 aliphatic rings. The fraction of sp³-hybridized carbons (Fsp3) is 0.500. The van der Waals surface area contributed by atoms with Crippen LogP contribution in [0.25, 0.3) is 0 Å². The van der Waals surface area contributed by atoms with Gasteiger partial charge in [-0.25, -0.2) is 0 Å². The third-order valence-corrected chi connectivity index (χ3v) is 4.93. The summed E-state index contributed by atoms with van der Waals surface area (Å²) in [6, 6.07) is 6.76. The molecule has 0 fully saturated rings. The monoisotopic (exact) mass is 314 g/mol. The number of benzene rings is 1. The predicted octanol–water partition coefficient (Wildman–Crippen LogP) is 3.62. The highest BCUT2D eigenvalue weighted by Gasteiger charge is 2.18. The van der Waals surface area contributed by atoms with Crippen molar-refractivity contribution in [3.8, 4) is 0 Å². The zero-order valence-corrected chi connectivity index (χ0v) is 14.4. The maximum Gasteiger partial charge on any atom is 0.107 e. The number of hydrogen-bond donors (Lipinski definition) is 1. The lowest BCUT2D eigenvalue weighted by Gasteiger charge is -2.31. The van der Waals surface area contributed by atoms with E-state index >= 15 is 0 Å². The van der Waals surface area contributed by atoms with E-state index in [4.69, 9.17) is 18.0 Å². The average Bonchev–Trinajstić information content (AvgIpc) is 2.42. The Morgan fingerprint density at radius 2 is 2.11 bits per heavy atom. The Morgan fingerprint density at radius 3 is 2.58 bits per heavy atom. The summed E-state index contributed by atoms with van der Waals surface area (Å²) in [5, 5.41) is 0. The molecule has 0 heterocycles. The Labute approximate surface area is 130 Å². The van der Waals surface area contributed by atoms with Gasteiger partial charge in [-0.2, -0.15) is 11.8 Å². The minimum atomic E-state index is 0.478. The molecule has 0 saturated carbocycles. The highest BCUT2D eigenvalue weighted by molar-refractivity contribution is 7.99. The zero-order valence-electron chi connectivity index (χ0n) is 12.0. The van der Waals surface area contributed by atoms with Crippen LogP contribution in [0.4, 0.5) is 5.69 Å². The molecule has 1 rings (SSSR count). The van der Waals surface area contributed by atoms with Crippen molar-refractivity contribution in [1.29, 1.82) is 0 Å². The fourth-order valence-electron chi connectivity index (χ4n) is 2.12. The molecule has 0 aliphatic heterocycles. The van der Waals surface area contributed by atoms with Gasteiger partial charge in [0.25, 0.3) is 0 Å². The number of thiocarbonyl (C=S) groups is 1. The first kappa shape index (κ1) is 16.7. The highest BCUT2D eigenvalue weighted by Crippen LogP contribution is 2.31. The van der Waals surface area contributed by atoms with Crippen molar-refractivity contribution in [3.05, 3.63) is 23.8 Å². The summed E-state index contributed by atoms with van der Waals surface area (Å²) in [6.07, 6.45) is 5.31. The van der Waals surface area contributed by atoms with E-state index in [1.807, 2.05) is 11.8 Å². The molecule has 19 heavy (non-hydrogen) atoms. The highest BCUT2D eigenvalue weighted by atomic mass is 32.2. The van der Waals surface area contributed by atoms with Crippen LogP contribution < -0.4 is 10.6 Å². The van der Waals surface area contributed by atoms with Crippen molar-refractivity contribution < 1.29 is 0 Å². The Morgan fingerprint density at radius 1 is 1.42 bits per heavy atom. The van der Waals surface area contributed by atoms with Gasteiger partial charge in [0.1, 0.15) is 4.99 Å². The van der Waals surface area contributed by atoms with Crippen molar-refractivity contribution >= 4 is 46.4 Å². The van der Waals surface area contributed by atoms with Crippen LogP contribution in [0.5, 0.6) is 0 Å². The summed E-state index contributed by atoms with van der Waals surface area (Å²) >= 11 is 8.80. The standard InChI is InChI=1S/C14H22N2S3/c1-5-10(9-18-3)16(2)11-7-6-8-12(19-4)13(11)14(15)17/h6-8,10H,5,9H2,1-4H3,(H2,15,17). The van der Waals surface area contributed by atoms with Gasteiger partial charge < -0.3 is 10.6 Å². The number of nitrogens with zero attached hydrogens (tertiary/aromatic N) is 1. The second-order valence-electron chi connectivity index (χ2n) is 4.35. The maximum absolute atomic E-state index is 5.93. The summed E-state index contributed by atoms with van der Waals surface area (Å²) < 4.78 is 0. The van der Waals surface area contributed by atoms with Crippen LogP contribution >= 0.6 is 35.7 Å². The molecule has 0 spiro atoms. The molecule has 0 radical (unpaired) electrons. The van der Waals surface area contributed by atoms with Crippen molar-refractivity contribution in [2.75, 3.05) is 30.2 Å². The van der Waals surface area contributed by atoms with Gasteiger partial charge in [0, 0.05) is 35.0 Å². The SMILES string of the molecule is CCC(CSC)N(C)c1cccc(SC)c1C(N)=S. The van der Waals surface area contributed by atoms with Crippen LogP contribution in [0.2, 0.25) is 0 Å². The van der Waals surface area contributed by atoms with E-state index in [1.165, 1.54) is 0 Å². The van der Waals surface area contributed by atoms with E-state index in [1.54, 1.807) is 11.8 Å². The van der Waals surface area contributed by atoms with Crippen LogP contribution in [0.15, 0.2) is 23.1 Å². The van der Waals surface area contributed by atoms with E-state index in [-0.39, 0.29) is 0 Å². The third kappa shape index (κ3) is 4.04. The first-order chi connectivity index (χ1) is 9.06. The quantitative estimate of drug-likeness (QED) is 0.613. The smallest absolute Gasteiger partial charge is 0.107 e. The van der Waals surface area contributed by atoms with Crippen LogP contribution in [0.3, 0.4) is 0 Å². The molecule has 0 amide bonds. The zero-order chi connectivity index (χ0) is 14.4. The lowest BCUT2D eigenvalue weighted by Crippen LogP contribution is -2.34. The van der Waals surface area contributed by atoms with Crippen molar-refractivity contribution in [2.45, 2.75) is 24.3 Å². The van der Waals surface area contributed by atoms with E-state index in [2.05, 4.69) is 49.6 Å². The fourth-order valence-corrected chi connectivity index (χ4v) is 3.88. The van der Waals surface area contributed by atoms with E-state index in [9.17, 15) is 0 Å². The summed E-state index contributed by atoms with van der Waals surface area (Å²) in [4.78, 5) is 3.94. The summed E-state index contributed by atoms with van der Waals surface area (Å²) in [6.45, 7) is 2.22. The van der Waals surface area contributed by atoms with Gasteiger partial charge in [-0.1, -0.05) is 25.2 Å². The van der Waals surface area contributed by atoms with Crippen molar-refractivity contribution in [3.63, 3.8) is 0 Å². The van der Waals surface area contributed by atoms with Gasteiger partial charge >= 0.3 is 0 Å². The molecule has 1 unspecified atom stereocenters. The molecule has 0 aromatic heterocycles. The Bertz CT molecular complexity index is 435. The molecule has 106 valence electrons. The normalized spacial score (nSPS) is 12.2. The van der Waals surface area contributed by atoms with E-state index in [0.717, 1.165) is 28.3 Å². The first-order valence-electron chi connectivity index (χ1n) is 6.25. The molecule has 1 atom stereocenters. The van der Waals surface area contributed by atoms with E-state index < -0.39 is 0 Å². The second kappa shape index (κ2) is 8.02. The van der Waals surface area contributed by atoms with Gasteiger partial charge in [-0.15, -0.1) is 11.8 Å². The van der Waals surface area contributed by atoms with Crippen molar-refractivity contribution in [2.24, 2.45) is 5.73 Å². The molecule has 0 aliphatic carbocycles. The van der Waals surface area contributed by atoms with Crippen LogP contribution in [-0.2, 0) is 0 Å². The second-order valence-corrected chi connectivity index (χ2v) is 6.55. The van der Waals surface area contributed by atoms with Crippen LogP contribution in [0, 0.1) is 0 Å². The molecule has 1 aromatic rings. The maximum atomic E-state index is 5.93. The summed E-state index contributed by atoms with van der Waals surface area (Å²) in [7, 11) is 2.13. The van der Waals surface area contributed by atoms with Crippen LogP contribution in [0.1, 0.15) is 18.9 Å². The minimum Gasteiger partial charge on any atom is -0.389 e. The average molecular weight is 315 g/mol. The Hall–Kier alpha value is -0.390. The van der Waals surface area contributed by atoms with Gasteiger partial charge in [-0.3, -0.25) is 0 Å².